The van der Waals surface area contributed by atoms with Gasteiger partial charge >= 0.3 is 0 Å². The number of carbonyl (C=O) groups excluding carboxylic acids is 4. The minimum Gasteiger partial charge on any atom is -0.508 e. The van der Waals surface area contributed by atoms with E-state index in [-0.39, 0.29) is 11.1 Å². The molecule has 198 valence electrons. The van der Waals surface area contributed by atoms with Gasteiger partial charge < -0.3 is 25.5 Å². The third-order valence-electron chi connectivity index (χ3n) is 7.84. The van der Waals surface area contributed by atoms with Gasteiger partial charge in [0.15, 0.2) is 23.0 Å². The number of hydrogen-bond donors (Lipinski definition) is 5. The van der Waals surface area contributed by atoms with Gasteiger partial charge in [-0.15, -0.1) is 0 Å². The molecule has 9 nitrogen and oxygen atoms in total. The van der Waals surface area contributed by atoms with Crippen LogP contribution in [-0.2, 0) is 19.2 Å². The van der Waals surface area contributed by atoms with Crippen molar-refractivity contribution in [1.82, 2.24) is 0 Å². The summed E-state index contributed by atoms with van der Waals surface area (Å²) in [5, 5.41) is 53.9. The average molecular weight is 513 g/mol. The lowest BCUT2D eigenvalue weighted by atomic mass is 9.42. The van der Waals surface area contributed by atoms with Crippen LogP contribution < -0.4 is 0 Å². The fourth-order valence-electron chi connectivity index (χ4n) is 5.85. The molecular weight excluding hydrogens is 480 g/mol. The van der Waals surface area contributed by atoms with Gasteiger partial charge in [-0.05, 0) is 47.6 Å². The van der Waals surface area contributed by atoms with Crippen LogP contribution >= 0.6 is 0 Å². The van der Waals surface area contributed by atoms with Crippen LogP contribution in [0.2, 0.25) is 0 Å². The van der Waals surface area contributed by atoms with Gasteiger partial charge in [-0.1, -0.05) is 30.4 Å². The Kier molecular flexibility index (Phi) is 6.87. The number of ketones is 4. The Bertz CT molecular complexity index is 1280. The maximum atomic E-state index is 14.1. The molecule has 9 heteroatoms. The first-order chi connectivity index (χ1) is 17.0. The van der Waals surface area contributed by atoms with Crippen LogP contribution in [0.1, 0.15) is 41.5 Å². The van der Waals surface area contributed by atoms with Crippen molar-refractivity contribution in [1.29, 1.82) is 0 Å². The summed E-state index contributed by atoms with van der Waals surface area (Å²) >= 11 is 0. The standard InChI is InChI=1S/C28H32O9/c1-7-9-10-12-15(29)17-19-16(14(11-8-2)26(4,23(17)33)25(35)27(19,5)36)21(31)18-20(30)13(3)22(32)28(6,37)24(18)34/h7-12,14,16,19,29-30,32,36-37H,1-6H3. The molecule has 4 rings (SSSR count). The van der Waals surface area contributed by atoms with E-state index in [1.165, 1.54) is 38.2 Å². The van der Waals surface area contributed by atoms with E-state index in [4.69, 9.17) is 0 Å². The molecule has 5 N–H and O–H groups in total. The predicted octanol–water partition coefficient (Wildman–Crippen LogP) is 2.83. The van der Waals surface area contributed by atoms with Gasteiger partial charge in [-0.25, -0.2) is 0 Å². The van der Waals surface area contributed by atoms with Crippen LogP contribution in [0.5, 0.6) is 0 Å². The number of hydrogen-bond acceptors (Lipinski definition) is 9. The topological polar surface area (TPSA) is 169 Å². The van der Waals surface area contributed by atoms with Crippen molar-refractivity contribution in [2.45, 2.75) is 52.7 Å². The van der Waals surface area contributed by atoms with Crippen molar-refractivity contribution in [3.63, 3.8) is 0 Å². The summed E-state index contributed by atoms with van der Waals surface area (Å²) in [5.74, 6) is -10.4. The highest BCUT2D eigenvalue weighted by molar-refractivity contribution is 6.28. The zero-order chi connectivity index (χ0) is 28.2. The van der Waals surface area contributed by atoms with Crippen LogP contribution in [0.15, 0.2) is 70.5 Å². The van der Waals surface area contributed by atoms with Crippen LogP contribution in [0.3, 0.4) is 0 Å². The molecule has 3 fully saturated rings. The number of aliphatic hydroxyl groups excluding tert-OH is 3. The molecule has 4 aliphatic rings. The first-order valence-corrected chi connectivity index (χ1v) is 11.9. The molecule has 0 amide bonds. The van der Waals surface area contributed by atoms with Crippen molar-refractivity contribution >= 4 is 23.1 Å². The highest BCUT2D eigenvalue weighted by Gasteiger charge is 2.72. The molecular formula is C28H32O9. The lowest BCUT2D eigenvalue weighted by molar-refractivity contribution is -0.180. The van der Waals surface area contributed by atoms with Crippen LogP contribution in [0.25, 0.3) is 0 Å². The van der Waals surface area contributed by atoms with E-state index in [2.05, 4.69) is 0 Å². The molecule has 0 aromatic carbocycles. The highest BCUT2D eigenvalue weighted by atomic mass is 16.3. The van der Waals surface area contributed by atoms with Gasteiger partial charge in [0.2, 0.25) is 5.78 Å². The Labute approximate surface area is 214 Å². The summed E-state index contributed by atoms with van der Waals surface area (Å²) in [6.07, 6.45) is 8.84. The number of aliphatic hydroxyl groups is 5. The first-order valence-electron chi connectivity index (χ1n) is 11.9. The summed E-state index contributed by atoms with van der Waals surface area (Å²) in [7, 11) is 0. The highest BCUT2D eigenvalue weighted by Crippen LogP contribution is 2.60. The average Bonchev–Trinajstić information content (AvgIpc) is 2.83. The summed E-state index contributed by atoms with van der Waals surface area (Å²) < 4.78 is 0. The number of Topliss-reactive ketones (excluding diaryl/α,β-unsaturated/α-hetero) is 4. The molecule has 0 radical (unpaired) electrons. The molecule has 0 aromatic heterocycles. The minimum atomic E-state index is -2.51. The summed E-state index contributed by atoms with van der Waals surface area (Å²) in [4.78, 5) is 54.4. The van der Waals surface area contributed by atoms with Gasteiger partial charge in [0.1, 0.15) is 28.5 Å². The van der Waals surface area contributed by atoms with Gasteiger partial charge in [-0.2, -0.15) is 0 Å². The van der Waals surface area contributed by atoms with E-state index >= 15 is 0 Å². The predicted molar refractivity (Wildman–Crippen MR) is 133 cm³/mol. The van der Waals surface area contributed by atoms with Crippen molar-refractivity contribution in [3.05, 3.63) is 70.5 Å². The van der Waals surface area contributed by atoms with Gasteiger partial charge in [-0.3, -0.25) is 19.2 Å². The molecule has 0 saturated heterocycles. The molecule has 4 aliphatic carbocycles. The van der Waals surface area contributed by atoms with Crippen molar-refractivity contribution in [2.24, 2.45) is 23.2 Å². The molecule has 0 spiro atoms. The second-order valence-corrected chi connectivity index (χ2v) is 10.2. The van der Waals surface area contributed by atoms with Crippen molar-refractivity contribution < 1.29 is 44.7 Å². The second kappa shape index (κ2) is 9.08. The molecule has 37 heavy (non-hydrogen) atoms. The fraction of sp³-hybridized carbons (Fsp3) is 0.429. The molecule has 6 unspecified atom stereocenters. The van der Waals surface area contributed by atoms with Crippen LogP contribution in [0.4, 0.5) is 0 Å². The molecule has 0 aliphatic heterocycles. The quantitative estimate of drug-likeness (QED) is 0.0928. The Balaban J connectivity index is 2.39. The normalized spacial score (nSPS) is 38.2. The maximum absolute atomic E-state index is 14.1. The second-order valence-electron chi connectivity index (χ2n) is 10.2. The number of carbonyl (C=O) groups is 4. The Morgan fingerprint density at radius 3 is 2.08 bits per heavy atom. The van der Waals surface area contributed by atoms with E-state index in [0.717, 1.165) is 13.8 Å². The largest absolute Gasteiger partial charge is 0.508 e. The summed E-state index contributed by atoms with van der Waals surface area (Å²) in [6.45, 7) is 7.94. The third-order valence-corrected chi connectivity index (χ3v) is 7.84. The first kappa shape index (κ1) is 28.0. The molecule has 3 saturated carbocycles. The molecule has 0 heterocycles. The monoisotopic (exact) mass is 512 g/mol. The smallest absolute Gasteiger partial charge is 0.209 e. The van der Waals surface area contributed by atoms with Gasteiger partial charge in [0.25, 0.3) is 0 Å². The Morgan fingerprint density at radius 1 is 0.946 bits per heavy atom. The SMILES string of the molecule is CC=CC=CC(O)=C1C(=O)C2(C)C(=O)C(C)(O)C1C(C(=O)C1=C(O)C(C)=C(O)C(C)(O)C1=O)C2C=CC. The zero-order valence-corrected chi connectivity index (χ0v) is 21.6. The van der Waals surface area contributed by atoms with E-state index in [1.807, 2.05) is 0 Å². The number of allylic oxidation sites excluding steroid dienone is 7. The molecule has 0 aromatic rings. The minimum absolute atomic E-state index is 0.297. The van der Waals surface area contributed by atoms with E-state index in [9.17, 15) is 44.7 Å². The van der Waals surface area contributed by atoms with E-state index in [0.29, 0.717) is 0 Å². The van der Waals surface area contributed by atoms with Crippen molar-refractivity contribution in [2.75, 3.05) is 0 Å². The number of rotatable bonds is 5. The molecule has 6 atom stereocenters. The Hall–Kier alpha value is -3.56. The summed E-state index contributed by atoms with van der Waals surface area (Å²) in [6, 6.07) is 0. The zero-order valence-electron chi connectivity index (χ0n) is 21.6. The fourth-order valence-corrected chi connectivity index (χ4v) is 5.85. The number of fused-ring (bicyclic) bond motifs is 3. The summed E-state index contributed by atoms with van der Waals surface area (Å²) in [5.41, 5.74) is -8.28. The lowest BCUT2D eigenvalue weighted by Gasteiger charge is -2.58. The van der Waals surface area contributed by atoms with Crippen LogP contribution in [-0.4, -0.2) is 59.9 Å². The molecule has 2 bridgehead atoms. The van der Waals surface area contributed by atoms with Gasteiger partial charge in [0.05, 0.1) is 5.41 Å². The third kappa shape index (κ3) is 3.67. The van der Waals surface area contributed by atoms with E-state index < -0.39 is 80.4 Å². The van der Waals surface area contributed by atoms with Crippen molar-refractivity contribution in [3.8, 4) is 0 Å². The lowest BCUT2D eigenvalue weighted by Crippen LogP contribution is -2.71. The van der Waals surface area contributed by atoms with E-state index in [1.54, 1.807) is 26.0 Å². The van der Waals surface area contributed by atoms with Gasteiger partial charge in [0, 0.05) is 28.9 Å². The Morgan fingerprint density at radius 2 is 1.54 bits per heavy atom. The van der Waals surface area contributed by atoms with Crippen LogP contribution in [0, 0.1) is 23.2 Å². The maximum Gasteiger partial charge on any atom is 0.209 e.